The molecule has 0 saturated carbocycles. The fraction of sp³-hybridized carbons (Fsp3) is 0.273. The highest BCUT2D eigenvalue weighted by atomic mass is 16.1. The maximum Gasteiger partial charge on any atom is 0.155 e. The number of ketones is 1. The van der Waals surface area contributed by atoms with Crippen LogP contribution in [0.2, 0.25) is 0 Å². The second-order valence-electron chi connectivity index (χ2n) is 3.12. The van der Waals surface area contributed by atoms with Crippen LogP contribution in [0.5, 0.6) is 0 Å². The molecule has 0 unspecified atom stereocenters. The third-order valence-electron chi connectivity index (χ3n) is 2.01. The fourth-order valence-corrected chi connectivity index (χ4v) is 0.962. The predicted octanol–water partition coefficient (Wildman–Crippen LogP) is 2.38. The Balaban J connectivity index is 3.04. The number of pyridine rings is 1. The molecule has 1 heterocycles. The Morgan fingerprint density at radius 3 is 2.69 bits per heavy atom. The number of aromatic nitrogens is 1. The molecule has 0 spiro atoms. The number of nitrogens with zero attached hydrogens (tertiary/aromatic N) is 1. The highest BCUT2D eigenvalue weighted by molar-refractivity contribution is 5.97. The molecule has 0 aliphatic rings. The van der Waals surface area contributed by atoms with Crippen LogP contribution in [-0.2, 0) is 4.79 Å². The van der Waals surface area contributed by atoms with Crippen LogP contribution < -0.4 is 0 Å². The molecule has 0 aliphatic carbocycles. The number of carbonyl (C=O) groups excluding carboxylic acids is 1. The van der Waals surface area contributed by atoms with Gasteiger partial charge in [-0.05, 0) is 49.6 Å². The first-order valence-corrected chi connectivity index (χ1v) is 4.21. The average molecular weight is 175 g/mol. The van der Waals surface area contributed by atoms with Crippen LogP contribution in [0.1, 0.15) is 25.0 Å². The second-order valence-corrected chi connectivity index (χ2v) is 3.12. The van der Waals surface area contributed by atoms with E-state index in [2.05, 4.69) is 4.98 Å². The Kier molecular flexibility index (Phi) is 2.96. The molecule has 68 valence electrons. The lowest BCUT2D eigenvalue weighted by atomic mass is 10.1. The van der Waals surface area contributed by atoms with Crippen LogP contribution in [0.4, 0.5) is 0 Å². The molecule has 1 aromatic rings. The molecular formula is C11H13NO. The van der Waals surface area contributed by atoms with Crippen LogP contribution in [0.3, 0.4) is 0 Å². The lowest BCUT2D eigenvalue weighted by Gasteiger charge is -1.99. The van der Waals surface area contributed by atoms with Gasteiger partial charge < -0.3 is 0 Å². The maximum absolute atomic E-state index is 11.0. The van der Waals surface area contributed by atoms with Crippen molar-refractivity contribution in [1.82, 2.24) is 4.98 Å². The summed E-state index contributed by atoms with van der Waals surface area (Å²) in [6.07, 6.45) is 5.38. The number of carbonyl (C=O) groups is 1. The molecule has 0 radical (unpaired) electrons. The van der Waals surface area contributed by atoms with Crippen molar-refractivity contribution in [3.05, 3.63) is 35.2 Å². The van der Waals surface area contributed by atoms with E-state index < -0.39 is 0 Å². The number of rotatable bonds is 2. The van der Waals surface area contributed by atoms with Crippen molar-refractivity contribution in [1.29, 1.82) is 0 Å². The first-order chi connectivity index (χ1) is 6.11. The highest BCUT2D eigenvalue weighted by Gasteiger charge is 1.98. The Bertz CT molecular complexity index is 353. The van der Waals surface area contributed by atoms with Crippen LogP contribution in [-0.4, -0.2) is 10.8 Å². The zero-order valence-corrected chi connectivity index (χ0v) is 8.16. The molecule has 0 aromatic carbocycles. The molecule has 0 amide bonds. The zero-order chi connectivity index (χ0) is 9.84. The monoisotopic (exact) mass is 175 g/mol. The van der Waals surface area contributed by atoms with Crippen LogP contribution in [0.25, 0.3) is 6.08 Å². The van der Waals surface area contributed by atoms with Crippen molar-refractivity contribution < 1.29 is 4.79 Å². The van der Waals surface area contributed by atoms with E-state index in [1.807, 2.05) is 26.0 Å². The average Bonchev–Trinajstić information content (AvgIpc) is 2.08. The Morgan fingerprint density at radius 2 is 2.15 bits per heavy atom. The topological polar surface area (TPSA) is 30.0 Å². The standard InChI is InChI=1S/C11H13NO/c1-8-4-5-12-7-11(8)6-9(2)10(3)13/h4-7H,1-3H3/b9-6+. The van der Waals surface area contributed by atoms with E-state index in [0.717, 1.165) is 16.7 Å². The molecular weight excluding hydrogens is 162 g/mol. The van der Waals surface area contributed by atoms with Gasteiger partial charge in [-0.1, -0.05) is 0 Å². The summed E-state index contributed by atoms with van der Waals surface area (Å²) < 4.78 is 0. The quantitative estimate of drug-likeness (QED) is 0.646. The summed E-state index contributed by atoms with van der Waals surface area (Å²) in [4.78, 5) is 15.0. The van der Waals surface area contributed by atoms with Crippen molar-refractivity contribution in [2.24, 2.45) is 0 Å². The summed E-state index contributed by atoms with van der Waals surface area (Å²) in [6, 6.07) is 1.93. The molecule has 0 atom stereocenters. The second kappa shape index (κ2) is 3.99. The molecule has 1 rings (SSSR count). The van der Waals surface area contributed by atoms with Gasteiger partial charge in [-0.2, -0.15) is 0 Å². The van der Waals surface area contributed by atoms with Gasteiger partial charge in [-0.15, -0.1) is 0 Å². The van der Waals surface area contributed by atoms with Crippen molar-refractivity contribution in [3.63, 3.8) is 0 Å². The third kappa shape index (κ3) is 2.51. The van der Waals surface area contributed by atoms with Gasteiger partial charge in [0.2, 0.25) is 0 Å². The molecule has 13 heavy (non-hydrogen) atoms. The Labute approximate surface area is 78.3 Å². The SMILES string of the molecule is CC(=O)/C(C)=C/c1cnccc1C. The minimum atomic E-state index is 0.100. The molecule has 0 N–H and O–H groups in total. The summed E-state index contributed by atoms with van der Waals surface area (Å²) in [7, 11) is 0. The smallest absolute Gasteiger partial charge is 0.155 e. The van der Waals surface area contributed by atoms with Crippen LogP contribution >= 0.6 is 0 Å². The summed E-state index contributed by atoms with van der Waals surface area (Å²) in [6.45, 7) is 5.38. The predicted molar refractivity (Wildman–Crippen MR) is 53.3 cm³/mol. The third-order valence-corrected chi connectivity index (χ3v) is 2.01. The summed E-state index contributed by atoms with van der Waals surface area (Å²) >= 11 is 0. The first kappa shape index (κ1) is 9.65. The van der Waals surface area contributed by atoms with Gasteiger partial charge in [0.15, 0.2) is 5.78 Å². The lowest BCUT2D eigenvalue weighted by Crippen LogP contribution is -1.92. The van der Waals surface area contributed by atoms with E-state index >= 15 is 0 Å². The largest absolute Gasteiger partial charge is 0.295 e. The van der Waals surface area contributed by atoms with E-state index in [0.29, 0.717) is 0 Å². The van der Waals surface area contributed by atoms with Gasteiger partial charge in [0.1, 0.15) is 0 Å². The number of hydrogen-bond donors (Lipinski definition) is 0. The van der Waals surface area contributed by atoms with E-state index in [1.165, 1.54) is 0 Å². The van der Waals surface area contributed by atoms with E-state index in [4.69, 9.17) is 0 Å². The van der Waals surface area contributed by atoms with Gasteiger partial charge in [-0.25, -0.2) is 0 Å². The van der Waals surface area contributed by atoms with Gasteiger partial charge in [0.05, 0.1) is 0 Å². The number of allylic oxidation sites excluding steroid dienone is 1. The zero-order valence-electron chi connectivity index (χ0n) is 8.16. The maximum atomic E-state index is 11.0. The Hall–Kier alpha value is -1.44. The molecule has 2 heteroatoms. The van der Waals surface area contributed by atoms with E-state index in [1.54, 1.807) is 19.3 Å². The molecule has 0 saturated heterocycles. The van der Waals surface area contributed by atoms with Crippen LogP contribution in [0.15, 0.2) is 24.0 Å². The van der Waals surface area contributed by atoms with E-state index in [-0.39, 0.29) is 5.78 Å². The van der Waals surface area contributed by atoms with Crippen molar-refractivity contribution in [2.45, 2.75) is 20.8 Å². The van der Waals surface area contributed by atoms with Crippen LogP contribution in [0, 0.1) is 6.92 Å². The number of hydrogen-bond acceptors (Lipinski definition) is 2. The van der Waals surface area contributed by atoms with Gasteiger partial charge in [0.25, 0.3) is 0 Å². The fourth-order valence-electron chi connectivity index (χ4n) is 0.962. The normalized spacial score (nSPS) is 11.5. The molecule has 0 aliphatic heterocycles. The van der Waals surface area contributed by atoms with Gasteiger partial charge in [-0.3, -0.25) is 9.78 Å². The molecule has 0 bridgehead atoms. The van der Waals surface area contributed by atoms with Crippen molar-refractivity contribution in [2.75, 3.05) is 0 Å². The van der Waals surface area contributed by atoms with Crippen molar-refractivity contribution >= 4 is 11.9 Å². The molecule has 0 fully saturated rings. The Morgan fingerprint density at radius 1 is 1.46 bits per heavy atom. The minimum absolute atomic E-state index is 0.100. The highest BCUT2D eigenvalue weighted by Crippen LogP contribution is 2.10. The lowest BCUT2D eigenvalue weighted by molar-refractivity contribution is -0.113. The first-order valence-electron chi connectivity index (χ1n) is 4.21. The van der Waals surface area contributed by atoms with Crippen molar-refractivity contribution in [3.8, 4) is 0 Å². The van der Waals surface area contributed by atoms with Gasteiger partial charge in [0, 0.05) is 12.4 Å². The summed E-state index contributed by atoms with van der Waals surface area (Å²) in [5, 5.41) is 0. The number of Topliss-reactive ketones (excluding diaryl/α,β-unsaturated/α-hetero) is 1. The number of aryl methyl sites for hydroxylation is 1. The van der Waals surface area contributed by atoms with E-state index in [9.17, 15) is 4.79 Å². The molecule has 2 nitrogen and oxygen atoms in total. The summed E-state index contributed by atoms with van der Waals surface area (Å²) in [5.41, 5.74) is 2.90. The summed E-state index contributed by atoms with van der Waals surface area (Å²) in [5.74, 6) is 0.100. The minimum Gasteiger partial charge on any atom is -0.295 e. The molecule has 1 aromatic heterocycles. The van der Waals surface area contributed by atoms with Gasteiger partial charge >= 0.3 is 0 Å².